The molecule has 2 aromatic heterocycles. The molecule has 0 N–H and O–H groups in total. The molecule has 0 unspecified atom stereocenters. The fraction of sp³-hybridized carbons (Fsp3) is 0.0196. The van der Waals surface area contributed by atoms with Crippen molar-refractivity contribution in [1.29, 1.82) is 0 Å². The molecule has 9 aromatic carbocycles. The van der Waals surface area contributed by atoms with Gasteiger partial charge in [-0.1, -0.05) is 140 Å². The van der Waals surface area contributed by atoms with Gasteiger partial charge in [0, 0.05) is 16.3 Å². The SMILES string of the molecule is Cc1ccc(-c2c3ccccc3c(-c3ccc4oc5cc(-c6c7ccccc7c(-c7ccccc7)c7ccccc67)ccc5c4c3)c3ccccc23)o1. The zero-order chi connectivity index (χ0) is 35.0. The maximum Gasteiger partial charge on any atom is 0.136 e. The van der Waals surface area contributed by atoms with E-state index in [0.29, 0.717) is 0 Å². The highest BCUT2D eigenvalue weighted by molar-refractivity contribution is 6.23. The van der Waals surface area contributed by atoms with E-state index in [1.165, 1.54) is 65.3 Å². The monoisotopic (exact) mass is 676 g/mol. The number of fused-ring (bicyclic) bond motifs is 7. The van der Waals surface area contributed by atoms with Crippen LogP contribution in [0.2, 0.25) is 0 Å². The molecular formula is C51H32O2. The molecule has 0 aliphatic rings. The Kier molecular flexibility index (Phi) is 6.50. The second-order valence-corrected chi connectivity index (χ2v) is 14.0. The van der Waals surface area contributed by atoms with Crippen LogP contribution in [0.5, 0.6) is 0 Å². The molecule has 0 aliphatic heterocycles. The minimum Gasteiger partial charge on any atom is -0.461 e. The molecule has 0 fully saturated rings. The maximum absolute atomic E-state index is 6.66. The fourth-order valence-corrected chi connectivity index (χ4v) is 8.72. The zero-order valence-electron chi connectivity index (χ0n) is 29.1. The first-order chi connectivity index (χ1) is 26.2. The first kappa shape index (κ1) is 29.8. The smallest absolute Gasteiger partial charge is 0.136 e. The van der Waals surface area contributed by atoms with Gasteiger partial charge in [-0.25, -0.2) is 0 Å². The first-order valence-electron chi connectivity index (χ1n) is 18.2. The Morgan fingerprint density at radius 3 is 1.25 bits per heavy atom. The number of aryl methyl sites for hydroxylation is 1. The average molecular weight is 677 g/mol. The van der Waals surface area contributed by atoms with Crippen molar-refractivity contribution in [3.63, 3.8) is 0 Å². The van der Waals surface area contributed by atoms with E-state index in [2.05, 4.69) is 170 Å². The van der Waals surface area contributed by atoms with Gasteiger partial charge in [-0.05, 0) is 120 Å². The molecule has 0 saturated carbocycles. The van der Waals surface area contributed by atoms with Crippen molar-refractivity contribution in [2.45, 2.75) is 6.92 Å². The third-order valence-electron chi connectivity index (χ3n) is 11.0. The standard InChI is InChI=1S/C51H32O2/c1-31-23-27-46(52-31)51-42-21-11-9-19-40(42)49(41-20-10-12-22-43(41)51)33-25-28-45-44(29-33)35-26-24-34(30-47(35)53-45)50-38-17-7-5-15-36(38)48(32-13-3-2-4-14-32)37-16-6-8-18-39(37)50/h2-30H,1H3. The molecule has 0 bridgehead atoms. The molecule has 0 amide bonds. The van der Waals surface area contributed by atoms with Crippen LogP contribution in [-0.2, 0) is 0 Å². The zero-order valence-corrected chi connectivity index (χ0v) is 29.1. The second-order valence-electron chi connectivity index (χ2n) is 14.0. The lowest BCUT2D eigenvalue weighted by Gasteiger charge is -2.17. The van der Waals surface area contributed by atoms with Crippen LogP contribution in [0.4, 0.5) is 0 Å². The van der Waals surface area contributed by atoms with Crippen LogP contribution >= 0.6 is 0 Å². The van der Waals surface area contributed by atoms with E-state index in [9.17, 15) is 0 Å². The summed E-state index contributed by atoms with van der Waals surface area (Å²) in [6.45, 7) is 2.00. The lowest BCUT2D eigenvalue weighted by Crippen LogP contribution is -1.90. The van der Waals surface area contributed by atoms with E-state index in [-0.39, 0.29) is 0 Å². The third-order valence-corrected chi connectivity index (χ3v) is 11.0. The molecule has 2 heteroatoms. The Labute approximate surface area is 306 Å². The van der Waals surface area contributed by atoms with E-state index in [1.54, 1.807) is 0 Å². The predicted octanol–water partition coefficient (Wildman–Crippen LogP) is 14.8. The Hall–Kier alpha value is -6.90. The molecule has 0 radical (unpaired) electrons. The van der Waals surface area contributed by atoms with Gasteiger partial charge in [-0.3, -0.25) is 0 Å². The number of rotatable bonds is 4. The minimum absolute atomic E-state index is 0.881. The van der Waals surface area contributed by atoms with Crippen molar-refractivity contribution in [2.24, 2.45) is 0 Å². The van der Waals surface area contributed by atoms with E-state index >= 15 is 0 Å². The Morgan fingerprint density at radius 1 is 0.283 bits per heavy atom. The molecule has 11 aromatic rings. The van der Waals surface area contributed by atoms with Crippen LogP contribution in [-0.4, -0.2) is 0 Å². The fourth-order valence-electron chi connectivity index (χ4n) is 8.72. The Morgan fingerprint density at radius 2 is 0.736 bits per heavy atom. The Balaban J connectivity index is 1.13. The summed E-state index contributed by atoms with van der Waals surface area (Å²) in [5, 5.41) is 11.9. The number of hydrogen-bond donors (Lipinski definition) is 0. The number of benzene rings is 9. The Bertz CT molecular complexity index is 3120. The molecule has 0 atom stereocenters. The first-order valence-corrected chi connectivity index (χ1v) is 18.2. The minimum atomic E-state index is 0.881. The summed E-state index contributed by atoms with van der Waals surface area (Å²) < 4.78 is 12.9. The van der Waals surface area contributed by atoms with Crippen molar-refractivity contribution in [3.05, 3.63) is 182 Å². The average Bonchev–Trinajstić information content (AvgIpc) is 3.81. The van der Waals surface area contributed by atoms with E-state index in [1.807, 2.05) is 13.0 Å². The number of furan rings is 2. The molecule has 0 spiro atoms. The topological polar surface area (TPSA) is 26.3 Å². The van der Waals surface area contributed by atoms with Crippen molar-refractivity contribution in [1.82, 2.24) is 0 Å². The number of hydrogen-bond acceptors (Lipinski definition) is 2. The third kappa shape index (κ3) is 4.52. The molecule has 2 heterocycles. The van der Waals surface area contributed by atoms with Crippen LogP contribution in [0.3, 0.4) is 0 Å². The van der Waals surface area contributed by atoms with Crippen molar-refractivity contribution in [3.8, 4) is 44.7 Å². The van der Waals surface area contributed by atoms with Gasteiger partial charge in [-0.2, -0.15) is 0 Å². The molecule has 0 aliphatic carbocycles. The molecule has 248 valence electrons. The highest BCUT2D eigenvalue weighted by atomic mass is 16.3. The summed E-state index contributed by atoms with van der Waals surface area (Å²) in [7, 11) is 0. The molecule has 0 saturated heterocycles. The highest BCUT2D eigenvalue weighted by Crippen LogP contribution is 2.47. The largest absolute Gasteiger partial charge is 0.461 e. The van der Waals surface area contributed by atoms with Crippen molar-refractivity contribution in [2.75, 3.05) is 0 Å². The van der Waals surface area contributed by atoms with Gasteiger partial charge in [0.1, 0.15) is 22.7 Å². The van der Waals surface area contributed by atoms with Crippen LogP contribution in [0, 0.1) is 6.92 Å². The summed E-state index contributed by atoms with van der Waals surface area (Å²) in [4.78, 5) is 0. The van der Waals surface area contributed by atoms with Crippen LogP contribution in [0.1, 0.15) is 5.76 Å². The van der Waals surface area contributed by atoms with Crippen molar-refractivity contribution < 1.29 is 8.83 Å². The second kappa shape index (κ2) is 11.6. The summed E-state index contributed by atoms with van der Waals surface area (Å²) in [6.07, 6.45) is 0. The summed E-state index contributed by atoms with van der Waals surface area (Å²) in [5.74, 6) is 1.80. The van der Waals surface area contributed by atoms with Gasteiger partial charge in [0.25, 0.3) is 0 Å². The van der Waals surface area contributed by atoms with Gasteiger partial charge in [0.15, 0.2) is 0 Å². The van der Waals surface area contributed by atoms with Crippen LogP contribution < -0.4 is 0 Å². The summed E-state index contributed by atoms with van der Waals surface area (Å²) in [5.41, 5.74) is 10.1. The lowest BCUT2D eigenvalue weighted by molar-refractivity contribution is 0.549. The summed E-state index contributed by atoms with van der Waals surface area (Å²) >= 11 is 0. The van der Waals surface area contributed by atoms with Gasteiger partial charge in [0.05, 0.1) is 0 Å². The van der Waals surface area contributed by atoms with Crippen LogP contribution in [0.25, 0.3) is 110 Å². The van der Waals surface area contributed by atoms with Gasteiger partial charge in [0.2, 0.25) is 0 Å². The highest BCUT2D eigenvalue weighted by Gasteiger charge is 2.21. The predicted molar refractivity (Wildman–Crippen MR) is 222 cm³/mol. The molecule has 2 nitrogen and oxygen atoms in total. The van der Waals surface area contributed by atoms with E-state index in [0.717, 1.165) is 50.1 Å². The lowest BCUT2D eigenvalue weighted by atomic mass is 9.86. The van der Waals surface area contributed by atoms with Gasteiger partial charge < -0.3 is 8.83 Å². The van der Waals surface area contributed by atoms with Gasteiger partial charge >= 0.3 is 0 Å². The van der Waals surface area contributed by atoms with Crippen LogP contribution in [0.15, 0.2) is 185 Å². The molecule has 53 heavy (non-hydrogen) atoms. The van der Waals surface area contributed by atoms with Gasteiger partial charge in [-0.15, -0.1) is 0 Å². The van der Waals surface area contributed by atoms with Crippen molar-refractivity contribution >= 4 is 65.0 Å². The maximum atomic E-state index is 6.66. The molecular weight excluding hydrogens is 645 g/mol. The van der Waals surface area contributed by atoms with E-state index < -0.39 is 0 Å². The summed E-state index contributed by atoms with van der Waals surface area (Å²) in [6, 6.07) is 63.3. The molecule has 11 rings (SSSR count). The quantitative estimate of drug-likeness (QED) is 0.173. The van der Waals surface area contributed by atoms with E-state index in [4.69, 9.17) is 8.83 Å². The normalized spacial score (nSPS) is 11.9.